The van der Waals surface area contributed by atoms with Crippen molar-refractivity contribution in [3.63, 3.8) is 0 Å². The molecule has 0 bridgehead atoms. The lowest BCUT2D eigenvalue weighted by Crippen LogP contribution is -2.31. The summed E-state index contributed by atoms with van der Waals surface area (Å²) in [5, 5.41) is 2.72. The number of fused-ring (bicyclic) bond motifs is 1. The van der Waals surface area contributed by atoms with Gasteiger partial charge in [-0.15, -0.1) is 0 Å². The quantitative estimate of drug-likeness (QED) is 0.947. The molecular weight excluding hydrogens is 295 g/mol. The van der Waals surface area contributed by atoms with E-state index in [4.69, 9.17) is 0 Å². The summed E-state index contributed by atoms with van der Waals surface area (Å²) in [5.74, 6) is -0.859. The molecule has 0 saturated heterocycles. The van der Waals surface area contributed by atoms with E-state index in [1.54, 1.807) is 24.1 Å². The summed E-state index contributed by atoms with van der Waals surface area (Å²) in [5.41, 5.74) is 2.96. The van der Waals surface area contributed by atoms with Crippen LogP contribution in [0.25, 0.3) is 0 Å². The molecule has 2 aromatic rings. The smallest absolute Gasteiger partial charge is 0.254 e. The topological polar surface area (TPSA) is 49.4 Å². The monoisotopic (exact) mass is 312 g/mol. The summed E-state index contributed by atoms with van der Waals surface area (Å²) in [6.07, 6.45) is 1.20. The van der Waals surface area contributed by atoms with Crippen molar-refractivity contribution in [2.45, 2.75) is 19.4 Å². The van der Waals surface area contributed by atoms with Gasteiger partial charge in [0.2, 0.25) is 5.91 Å². The third-order valence-corrected chi connectivity index (χ3v) is 4.06. The number of carbonyl (C=O) groups is 2. The van der Waals surface area contributed by atoms with Gasteiger partial charge in [0.15, 0.2) is 0 Å². The Hall–Kier alpha value is -2.69. The van der Waals surface area contributed by atoms with E-state index < -0.39 is 11.7 Å². The number of aryl methyl sites for hydroxylation is 1. The number of rotatable bonds is 3. The van der Waals surface area contributed by atoms with Gasteiger partial charge in [-0.3, -0.25) is 9.59 Å². The molecule has 5 heteroatoms. The van der Waals surface area contributed by atoms with Crippen LogP contribution < -0.4 is 10.2 Å². The van der Waals surface area contributed by atoms with Gasteiger partial charge in [-0.05, 0) is 35.7 Å². The Kier molecular flexibility index (Phi) is 4.10. The molecule has 2 aromatic carbocycles. The Bertz CT molecular complexity index is 773. The highest BCUT2D eigenvalue weighted by Gasteiger charge is 2.20. The molecule has 23 heavy (non-hydrogen) atoms. The maximum absolute atomic E-state index is 13.6. The number of nitrogens with one attached hydrogen (secondary N) is 1. The second kappa shape index (κ2) is 6.20. The number of nitrogens with zero attached hydrogens (tertiary/aromatic N) is 1. The number of amides is 2. The van der Waals surface area contributed by atoms with Gasteiger partial charge in [-0.2, -0.15) is 0 Å². The van der Waals surface area contributed by atoms with Crippen LogP contribution in [0.3, 0.4) is 0 Å². The average molecular weight is 312 g/mol. The zero-order chi connectivity index (χ0) is 16.4. The average Bonchev–Trinajstić information content (AvgIpc) is 2.56. The van der Waals surface area contributed by atoms with Gasteiger partial charge in [-0.25, -0.2) is 4.39 Å². The number of halogens is 1. The van der Waals surface area contributed by atoms with Gasteiger partial charge in [0, 0.05) is 25.7 Å². The summed E-state index contributed by atoms with van der Waals surface area (Å²) in [4.78, 5) is 25.4. The van der Waals surface area contributed by atoms with Crippen LogP contribution in [-0.4, -0.2) is 18.9 Å². The lowest BCUT2D eigenvalue weighted by Gasteiger charge is -2.26. The largest absolute Gasteiger partial charge is 0.348 e. The van der Waals surface area contributed by atoms with Crippen LogP contribution in [0.15, 0.2) is 42.5 Å². The highest BCUT2D eigenvalue weighted by atomic mass is 19.1. The van der Waals surface area contributed by atoms with E-state index in [1.807, 2.05) is 18.2 Å². The Morgan fingerprint density at radius 2 is 2.00 bits per heavy atom. The van der Waals surface area contributed by atoms with E-state index >= 15 is 0 Å². The van der Waals surface area contributed by atoms with Crippen molar-refractivity contribution in [3.05, 3.63) is 65.0 Å². The van der Waals surface area contributed by atoms with Crippen molar-refractivity contribution in [2.75, 3.05) is 11.9 Å². The van der Waals surface area contributed by atoms with Gasteiger partial charge in [0.1, 0.15) is 5.82 Å². The Morgan fingerprint density at radius 3 is 2.78 bits per heavy atom. The fraction of sp³-hybridized carbons (Fsp3) is 0.222. The van der Waals surface area contributed by atoms with Gasteiger partial charge in [0.25, 0.3) is 5.91 Å². The van der Waals surface area contributed by atoms with Crippen molar-refractivity contribution < 1.29 is 14.0 Å². The fourth-order valence-electron chi connectivity index (χ4n) is 2.74. The van der Waals surface area contributed by atoms with Crippen molar-refractivity contribution in [3.8, 4) is 0 Å². The first-order valence-electron chi connectivity index (χ1n) is 7.47. The minimum absolute atomic E-state index is 0.0378. The van der Waals surface area contributed by atoms with Crippen LogP contribution in [0.5, 0.6) is 0 Å². The van der Waals surface area contributed by atoms with Gasteiger partial charge in [0.05, 0.1) is 5.56 Å². The third kappa shape index (κ3) is 3.08. The maximum Gasteiger partial charge on any atom is 0.254 e. The Morgan fingerprint density at radius 1 is 1.22 bits per heavy atom. The van der Waals surface area contributed by atoms with E-state index in [0.717, 1.165) is 16.8 Å². The lowest BCUT2D eigenvalue weighted by molar-refractivity contribution is -0.118. The molecule has 0 atom stereocenters. The first kappa shape index (κ1) is 15.2. The second-order valence-corrected chi connectivity index (χ2v) is 5.58. The summed E-state index contributed by atoms with van der Waals surface area (Å²) < 4.78 is 13.6. The first-order valence-corrected chi connectivity index (χ1v) is 7.47. The van der Waals surface area contributed by atoms with Crippen molar-refractivity contribution in [2.24, 2.45) is 0 Å². The van der Waals surface area contributed by atoms with Crippen LogP contribution >= 0.6 is 0 Å². The van der Waals surface area contributed by atoms with E-state index in [-0.39, 0.29) is 11.5 Å². The standard InChI is InChI=1S/C18H17FN2O2/c1-21-16-8-6-12(10-13(16)7-9-17(21)22)11-20-18(23)14-4-2-3-5-15(14)19/h2-6,8,10H,7,9,11H2,1H3,(H,20,23). The van der Waals surface area contributed by atoms with E-state index in [9.17, 15) is 14.0 Å². The number of carbonyl (C=O) groups excluding carboxylic acids is 2. The first-order chi connectivity index (χ1) is 11.1. The molecule has 0 aliphatic carbocycles. The van der Waals surface area contributed by atoms with Crippen molar-refractivity contribution >= 4 is 17.5 Å². The van der Waals surface area contributed by atoms with Crippen LogP contribution in [0.1, 0.15) is 27.9 Å². The Balaban J connectivity index is 1.71. The Labute approximate surface area is 133 Å². The summed E-state index contributed by atoms with van der Waals surface area (Å²) >= 11 is 0. The molecule has 0 spiro atoms. The third-order valence-electron chi connectivity index (χ3n) is 4.06. The minimum atomic E-state index is -0.532. The molecule has 0 unspecified atom stereocenters. The highest BCUT2D eigenvalue weighted by molar-refractivity contribution is 5.96. The van der Waals surface area contributed by atoms with Crippen LogP contribution in [0, 0.1) is 5.82 Å². The fourth-order valence-corrected chi connectivity index (χ4v) is 2.74. The van der Waals surface area contributed by atoms with Gasteiger partial charge < -0.3 is 10.2 Å². The van der Waals surface area contributed by atoms with E-state index in [2.05, 4.69) is 5.32 Å². The number of benzene rings is 2. The lowest BCUT2D eigenvalue weighted by atomic mass is 9.99. The predicted octanol–water partition coefficient (Wildman–Crippen LogP) is 2.66. The molecule has 1 aliphatic heterocycles. The highest BCUT2D eigenvalue weighted by Crippen LogP contribution is 2.27. The molecule has 1 N–H and O–H groups in total. The van der Waals surface area contributed by atoms with E-state index in [1.165, 1.54) is 12.1 Å². The van der Waals surface area contributed by atoms with Crippen LogP contribution in [0.4, 0.5) is 10.1 Å². The summed E-state index contributed by atoms with van der Waals surface area (Å²) in [6, 6.07) is 11.6. The molecule has 1 heterocycles. The molecule has 0 fully saturated rings. The van der Waals surface area contributed by atoms with Gasteiger partial charge >= 0.3 is 0 Å². The molecule has 118 valence electrons. The zero-order valence-electron chi connectivity index (χ0n) is 12.8. The predicted molar refractivity (Wildman–Crippen MR) is 85.7 cm³/mol. The summed E-state index contributed by atoms with van der Waals surface area (Å²) in [7, 11) is 1.76. The molecule has 1 aliphatic rings. The molecule has 0 saturated carbocycles. The van der Waals surface area contributed by atoms with Crippen molar-refractivity contribution in [1.82, 2.24) is 5.32 Å². The zero-order valence-corrected chi connectivity index (χ0v) is 12.8. The molecule has 0 radical (unpaired) electrons. The van der Waals surface area contributed by atoms with E-state index in [0.29, 0.717) is 19.4 Å². The molecular formula is C18H17FN2O2. The molecule has 2 amide bonds. The number of hydrogen-bond acceptors (Lipinski definition) is 2. The SMILES string of the molecule is CN1C(=O)CCc2cc(CNC(=O)c3ccccc3F)ccc21. The molecule has 4 nitrogen and oxygen atoms in total. The normalized spacial score (nSPS) is 13.7. The summed E-state index contributed by atoms with van der Waals surface area (Å²) in [6.45, 7) is 0.318. The number of anilines is 1. The minimum Gasteiger partial charge on any atom is -0.348 e. The molecule has 3 rings (SSSR count). The second-order valence-electron chi connectivity index (χ2n) is 5.58. The van der Waals surface area contributed by atoms with Crippen LogP contribution in [0.2, 0.25) is 0 Å². The maximum atomic E-state index is 13.6. The molecule has 0 aromatic heterocycles. The van der Waals surface area contributed by atoms with Gasteiger partial charge in [-0.1, -0.05) is 24.3 Å². The van der Waals surface area contributed by atoms with Crippen molar-refractivity contribution in [1.29, 1.82) is 0 Å². The number of hydrogen-bond donors (Lipinski definition) is 1. The van der Waals surface area contributed by atoms with Crippen LogP contribution in [-0.2, 0) is 17.8 Å².